The van der Waals surface area contributed by atoms with E-state index in [0.717, 1.165) is 60.2 Å². The van der Waals surface area contributed by atoms with Gasteiger partial charge in [0.1, 0.15) is 6.61 Å². The number of hydrogen-bond donors (Lipinski definition) is 1. The third-order valence-corrected chi connectivity index (χ3v) is 6.47. The lowest BCUT2D eigenvalue weighted by Gasteiger charge is -2.27. The van der Waals surface area contributed by atoms with E-state index < -0.39 is 0 Å². The van der Waals surface area contributed by atoms with Crippen molar-refractivity contribution in [2.24, 2.45) is 13.0 Å². The van der Waals surface area contributed by atoms with Crippen LogP contribution >= 0.6 is 0 Å². The predicted octanol–water partition coefficient (Wildman–Crippen LogP) is 4.58. The number of ether oxygens (including phenoxy) is 2. The van der Waals surface area contributed by atoms with Crippen LogP contribution < -0.4 is 10.1 Å². The average Bonchev–Trinajstić information content (AvgIpc) is 3.42. The van der Waals surface area contributed by atoms with Crippen LogP contribution in [0.1, 0.15) is 45.4 Å². The monoisotopic (exact) mass is 421 g/mol. The number of hydrogen-bond acceptors (Lipinski definition) is 6. The van der Waals surface area contributed by atoms with Gasteiger partial charge in [-0.1, -0.05) is 19.1 Å². The number of aromatic nitrogens is 4. The van der Waals surface area contributed by atoms with Crippen molar-refractivity contribution >= 4 is 16.9 Å². The highest BCUT2D eigenvalue weighted by Crippen LogP contribution is 2.32. The Morgan fingerprint density at radius 2 is 2.06 bits per heavy atom. The van der Waals surface area contributed by atoms with Gasteiger partial charge in [-0.05, 0) is 56.1 Å². The minimum atomic E-state index is 0.136. The minimum Gasteiger partial charge on any atom is -0.474 e. The van der Waals surface area contributed by atoms with E-state index in [-0.39, 0.29) is 6.10 Å². The molecule has 2 aliphatic rings. The van der Waals surface area contributed by atoms with Crippen LogP contribution in [0.4, 0.5) is 5.95 Å². The molecule has 1 aliphatic heterocycles. The number of nitrogens with zero attached hydrogens (tertiary/aromatic N) is 4. The highest BCUT2D eigenvalue weighted by molar-refractivity contribution is 5.84. The van der Waals surface area contributed by atoms with Crippen molar-refractivity contribution in [3.05, 3.63) is 30.6 Å². The van der Waals surface area contributed by atoms with Crippen LogP contribution in [0, 0.1) is 5.92 Å². The summed E-state index contributed by atoms with van der Waals surface area (Å²) >= 11 is 0. The van der Waals surface area contributed by atoms with E-state index in [2.05, 4.69) is 40.5 Å². The lowest BCUT2D eigenvalue weighted by Crippen LogP contribution is -2.26. The Bertz CT molecular complexity index is 1040. The van der Waals surface area contributed by atoms with Crippen molar-refractivity contribution in [3.8, 4) is 17.0 Å². The van der Waals surface area contributed by atoms with Crippen LogP contribution in [0.15, 0.2) is 30.6 Å². The molecule has 1 aromatic carbocycles. The van der Waals surface area contributed by atoms with Gasteiger partial charge < -0.3 is 14.8 Å². The van der Waals surface area contributed by atoms with E-state index in [4.69, 9.17) is 14.5 Å². The van der Waals surface area contributed by atoms with E-state index in [9.17, 15) is 0 Å². The fraction of sp³-hybridized carbons (Fsp3) is 0.542. The van der Waals surface area contributed by atoms with Crippen LogP contribution in [0.2, 0.25) is 0 Å². The summed E-state index contributed by atoms with van der Waals surface area (Å²) in [6.07, 6.45) is 11.0. The molecule has 3 aromatic rings. The molecule has 1 atom stereocenters. The van der Waals surface area contributed by atoms with Crippen molar-refractivity contribution in [2.45, 2.75) is 57.6 Å². The van der Waals surface area contributed by atoms with Crippen molar-refractivity contribution < 1.29 is 9.47 Å². The van der Waals surface area contributed by atoms with Crippen LogP contribution in [-0.4, -0.2) is 45.1 Å². The third-order valence-electron chi connectivity index (χ3n) is 6.47. The van der Waals surface area contributed by atoms with Crippen LogP contribution in [0.5, 0.6) is 5.88 Å². The third kappa shape index (κ3) is 4.66. The fourth-order valence-corrected chi connectivity index (χ4v) is 4.59. The van der Waals surface area contributed by atoms with Crippen molar-refractivity contribution in [3.63, 3.8) is 0 Å². The lowest BCUT2D eigenvalue weighted by atomic mass is 9.87. The number of anilines is 1. The Labute approximate surface area is 183 Å². The molecule has 0 amide bonds. The van der Waals surface area contributed by atoms with E-state index >= 15 is 0 Å². The molecule has 1 unspecified atom stereocenters. The minimum absolute atomic E-state index is 0.136. The van der Waals surface area contributed by atoms with Crippen LogP contribution in [-0.2, 0) is 11.8 Å². The normalized spacial score (nSPS) is 23.9. The topological polar surface area (TPSA) is 74.1 Å². The zero-order valence-electron chi connectivity index (χ0n) is 18.4. The number of fused-ring (bicyclic) bond motifs is 1. The molecule has 5 rings (SSSR count). The zero-order chi connectivity index (χ0) is 21.2. The van der Waals surface area contributed by atoms with Gasteiger partial charge in [0, 0.05) is 37.5 Å². The summed E-state index contributed by atoms with van der Waals surface area (Å²) in [5.74, 6) is 2.06. The number of benzene rings is 1. The second-order valence-corrected chi connectivity index (χ2v) is 9.04. The summed E-state index contributed by atoms with van der Waals surface area (Å²) in [5.41, 5.74) is 2.84. The second-order valence-electron chi connectivity index (χ2n) is 9.04. The predicted molar refractivity (Wildman–Crippen MR) is 121 cm³/mol. The Kier molecular flexibility index (Phi) is 5.76. The molecule has 1 saturated carbocycles. The quantitative estimate of drug-likeness (QED) is 0.628. The second kappa shape index (κ2) is 8.83. The summed E-state index contributed by atoms with van der Waals surface area (Å²) in [4.78, 5) is 9.42. The number of rotatable bonds is 6. The standard InChI is InChI=1S/C24H31N5O2/c1-16-5-9-19(10-6-16)26-24-25-13-21(23(27-24)31-15-20-4-3-11-30-20)17-7-8-18-14-29(2)28-22(18)12-17/h7-8,12-14,16,19-20H,3-6,9-11,15H2,1-2H3,(H,25,26,27). The molecular formula is C24H31N5O2. The summed E-state index contributed by atoms with van der Waals surface area (Å²) < 4.78 is 13.8. The molecule has 0 bridgehead atoms. The van der Waals surface area contributed by atoms with Crippen molar-refractivity contribution in [1.82, 2.24) is 19.7 Å². The molecule has 1 N–H and O–H groups in total. The van der Waals surface area contributed by atoms with Crippen LogP contribution in [0.25, 0.3) is 22.0 Å². The van der Waals surface area contributed by atoms with Gasteiger partial charge in [0.25, 0.3) is 0 Å². The van der Waals surface area contributed by atoms with Crippen molar-refractivity contribution in [1.29, 1.82) is 0 Å². The van der Waals surface area contributed by atoms with E-state index in [1.165, 1.54) is 12.8 Å². The van der Waals surface area contributed by atoms with E-state index in [1.807, 2.05) is 24.1 Å². The summed E-state index contributed by atoms with van der Waals surface area (Å²) in [5, 5.41) is 9.18. The van der Waals surface area contributed by atoms with Gasteiger partial charge in [0.05, 0.1) is 17.2 Å². The Balaban J connectivity index is 1.41. The van der Waals surface area contributed by atoms with Gasteiger partial charge in [-0.15, -0.1) is 0 Å². The molecule has 2 aromatic heterocycles. The summed E-state index contributed by atoms with van der Waals surface area (Å²) in [6, 6.07) is 6.66. The van der Waals surface area contributed by atoms with Gasteiger partial charge in [0.15, 0.2) is 0 Å². The molecule has 7 nitrogen and oxygen atoms in total. The number of aryl methyl sites for hydroxylation is 1. The molecule has 7 heteroatoms. The summed E-state index contributed by atoms with van der Waals surface area (Å²) in [7, 11) is 1.94. The molecule has 1 aliphatic carbocycles. The van der Waals surface area contributed by atoms with Gasteiger partial charge in [-0.3, -0.25) is 4.68 Å². The first kappa shape index (κ1) is 20.2. The Hall–Kier alpha value is -2.67. The highest BCUT2D eigenvalue weighted by Gasteiger charge is 2.21. The molecule has 164 valence electrons. The zero-order valence-corrected chi connectivity index (χ0v) is 18.4. The Morgan fingerprint density at radius 3 is 2.87 bits per heavy atom. The average molecular weight is 422 g/mol. The maximum Gasteiger partial charge on any atom is 0.226 e. The smallest absolute Gasteiger partial charge is 0.226 e. The maximum absolute atomic E-state index is 6.20. The first-order chi connectivity index (χ1) is 15.1. The molecule has 0 radical (unpaired) electrons. The molecule has 31 heavy (non-hydrogen) atoms. The molecule has 2 fully saturated rings. The molecule has 0 spiro atoms. The Morgan fingerprint density at radius 1 is 1.19 bits per heavy atom. The fourth-order valence-electron chi connectivity index (χ4n) is 4.59. The molecule has 1 saturated heterocycles. The van der Waals surface area contributed by atoms with E-state index in [1.54, 1.807) is 0 Å². The molecule has 3 heterocycles. The van der Waals surface area contributed by atoms with Gasteiger partial charge in [0.2, 0.25) is 11.8 Å². The first-order valence-electron chi connectivity index (χ1n) is 11.5. The maximum atomic E-state index is 6.20. The largest absolute Gasteiger partial charge is 0.474 e. The van der Waals surface area contributed by atoms with Gasteiger partial charge in [-0.25, -0.2) is 4.98 Å². The number of nitrogens with one attached hydrogen (secondary N) is 1. The highest BCUT2D eigenvalue weighted by atomic mass is 16.5. The first-order valence-corrected chi connectivity index (χ1v) is 11.5. The van der Waals surface area contributed by atoms with Crippen LogP contribution in [0.3, 0.4) is 0 Å². The van der Waals surface area contributed by atoms with Crippen molar-refractivity contribution in [2.75, 3.05) is 18.5 Å². The van der Waals surface area contributed by atoms with E-state index in [0.29, 0.717) is 24.5 Å². The summed E-state index contributed by atoms with van der Waals surface area (Å²) in [6.45, 7) is 3.65. The SMILES string of the molecule is CC1CCC(Nc2ncc(-c3ccc4cn(C)nc4c3)c(OCC3CCCO3)n2)CC1. The van der Waals surface area contributed by atoms with Gasteiger partial charge in [-0.2, -0.15) is 10.1 Å². The molecular weight excluding hydrogens is 390 g/mol. The van der Waals surface area contributed by atoms with Gasteiger partial charge >= 0.3 is 0 Å². The lowest BCUT2D eigenvalue weighted by molar-refractivity contribution is 0.0665.